The lowest BCUT2D eigenvalue weighted by atomic mass is 9.96. The van der Waals surface area contributed by atoms with E-state index in [0.717, 1.165) is 6.26 Å². The molecule has 0 aliphatic rings. The topological polar surface area (TPSA) is 60.2 Å². The van der Waals surface area contributed by atoms with Gasteiger partial charge >= 0.3 is 0 Å². The Morgan fingerprint density at radius 2 is 2.00 bits per heavy atom. The predicted molar refractivity (Wildman–Crippen MR) is 72.0 cm³/mol. The Bertz CT molecular complexity index is 543. The van der Waals surface area contributed by atoms with Crippen LogP contribution in [-0.2, 0) is 16.3 Å². The predicted octanol–water partition coefficient (Wildman–Crippen LogP) is 2.17. The molecule has 6 heteroatoms. The Morgan fingerprint density at radius 1 is 1.44 bits per heavy atom. The van der Waals surface area contributed by atoms with E-state index in [2.05, 4.69) is 0 Å². The number of hydrogen-bond acceptors (Lipinski definition) is 3. The second-order valence-electron chi connectivity index (χ2n) is 4.92. The average molecular weight is 294 g/mol. The summed E-state index contributed by atoms with van der Waals surface area (Å²) in [6.45, 7) is 3.07. The van der Waals surface area contributed by atoms with Gasteiger partial charge in [-0.1, -0.05) is 11.6 Å². The molecule has 18 heavy (non-hydrogen) atoms. The molecule has 0 bridgehead atoms. The molecule has 0 heterocycles. The quantitative estimate of drug-likeness (QED) is 0.925. The third-order valence-electron chi connectivity index (χ3n) is 3.30. The van der Waals surface area contributed by atoms with Crippen LogP contribution in [0.1, 0.15) is 19.4 Å². The van der Waals surface area contributed by atoms with Crippen LogP contribution >= 0.6 is 11.6 Å². The standard InChI is InChI=1S/C12H17ClFNO2S/c1-12(2,18(3,16)17)11(15)7-8-6-9(13)4-5-10(8)14/h4-6,11H,7,15H2,1-3H3. The smallest absolute Gasteiger partial charge is 0.154 e. The molecular formula is C12H17ClFNO2S. The normalized spacial score (nSPS) is 14.6. The molecule has 1 unspecified atom stereocenters. The lowest BCUT2D eigenvalue weighted by Gasteiger charge is -2.29. The molecule has 0 aliphatic heterocycles. The Balaban J connectivity index is 3.02. The lowest BCUT2D eigenvalue weighted by Crippen LogP contribution is -2.50. The Morgan fingerprint density at radius 3 is 2.50 bits per heavy atom. The Labute approximate surface area is 112 Å². The molecule has 0 aromatic heterocycles. The van der Waals surface area contributed by atoms with Crippen LogP contribution in [0, 0.1) is 5.82 Å². The van der Waals surface area contributed by atoms with E-state index in [4.69, 9.17) is 17.3 Å². The van der Waals surface area contributed by atoms with Crippen LogP contribution in [0.2, 0.25) is 5.02 Å². The Kier molecular flexibility index (Phi) is 4.41. The highest BCUT2D eigenvalue weighted by Crippen LogP contribution is 2.24. The van der Waals surface area contributed by atoms with E-state index < -0.39 is 26.4 Å². The van der Waals surface area contributed by atoms with Crippen molar-refractivity contribution in [1.29, 1.82) is 0 Å². The number of sulfone groups is 1. The molecular weight excluding hydrogens is 277 g/mol. The van der Waals surface area contributed by atoms with E-state index in [1.807, 2.05) is 0 Å². The van der Waals surface area contributed by atoms with E-state index in [9.17, 15) is 12.8 Å². The third-order valence-corrected chi connectivity index (χ3v) is 5.75. The van der Waals surface area contributed by atoms with Crippen LogP contribution in [0.15, 0.2) is 18.2 Å². The summed E-state index contributed by atoms with van der Waals surface area (Å²) in [5.41, 5.74) is 6.23. The van der Waals surface area contributed by atoms with E-state index in [1.54, 1.807) is 0 Å². The van der Waals surface area contributed by atoms with Gasteiger partial charge in [-0.3, -0.25) is 0 Å². The SMILES string of the molecule is CC(C)(C(N)Cc1cc(Cl)ccc1F)S(C)(=O)=O. The van der Waals surface area contributed by atoms with Gasteiger partial charge in [-0.25, -0.2) is 12.8 Å². The minimum Gasteiger partial charge on any atom is -0.326 e. The molecule has 1 aromatic rings. The van der Waals surface area contributed by atoms with Crippen molar-refractivity contribution in [3.05, 3.63) is 34.6 Å². The van der Waals surface area contributed by atoms with E-state index in [0.29, 0.717) is 10.6 Å². The molecule has 0 amide bonds. The van der Waals surface area contributed by atoms with Crippen LogP contribution in [0.3, 0.4) is 0 Å². The molecule has 102 valence electrons. The summed E-state index contributed by atoms with van der Waals surface area (Å²) in [6.07, 6.45) is 1.24. The van der Waals surface area contributed by atoms with E-state index >= 15 is 0 Å². The van der Waals surface area contributed by atoms with E-state index in [1.165, 1.54) is 32.0 Å². The zero-order valence-corrected chi connectivity index (χ0v) is 12.1. The first-order chi connectivity index (χ1) is 8.05. The number of hydrogen-bond donors (Lipinski definition) is 1. The molecule has 0 aliphatic carbocycles. The highest BCUT2D eigenvalue weighted by molar-refractivity contribution is 7.92. The molecule has 2 N–H and O–H groups in total. The van der Waals surface area contributed by atoms with Crippen molar-refractivity contribution in [2.45, 2.75) is 31.1 Å². The molecule has 3 nitrogen and oxygen atoms in total. The van der Waals surface area contributed by atoms with Crippen molar-refractivity contribution in [3.63, 3.8) is 0 Å². The fourth-order valence-corrected chi connectivity index (χ4v) is 2.29. The number of benzene rings is 1. The van der Waals surface area contributed by atoms with Crippen molar-refractivity contribution in [2.24, 2.45) is 5.73 Å². The maximum atomic E-state index is 13.6. The van der Waals surface area contributed by atoms with Crippen molar-refractivity contribution in [1.82, 2.24) is 0 Å². The molecule has 0 spiro atoms. The summed E-state index contributed by atoms with van der Waals surface area (Å²) in [4.78, 5) is 0. The van der Waals surface area contributed by atoms with Gasteiger partial charge in [0, 0.05) is 17.3 Å². The number of halogens is 2. The summed E-state index contributed by atoms with van der Waals surface area (Å²) in [6, 6.07) is 3.45. The molecule has 1 atom stereocenters. The van der Waals surface area contributed by atoms with Gasteiger partial charge < -0.3 is 5.73 Å². The largest absolute Gasteiger partial charge is 0.326 e. The highest BCUT2D eigenvalue weighted by atomic mass is 35.5. The van der Waals surface area contributed by atoms with E-state index in [-0.39, 0.29) is 6.42 Å². The number of nitrogens with two attached hydrogens (primary N) is 1. The molecule has 1 rings (SSSR count). The molecule has 0 radical (unpaired) electrons. The molecule has 0 saturated heterocycles. The zero-order chi connectivity index (χ0) is 14.1. The highest BCUT2D eigenvalue weighted by Gasteiger charge is 2.37. The van der Waals surface area contributed by atoms with Gasteiger partial charge in [-0.15, -0.1) is 0 Å². The maximum Gasteiger partial charge on any atom is 0.154 e. The van der Waals surface area contributed by atoms with Crippen LogP contribution in [-0.4, -0.2) is 25.5 Å². The second kappa shape index (κ2) is 5.15. The minimum atomic E-state index is -3.33. The van der Waals surface area contributed by atoms with Crippen LogP contribution in [0.25, 0.3) is 0 Å². The van der Waals surface area contributed by atoms with Gasteiger partial charge in [0.05, 0.1) is 4.75 Å². The van der Waals surface area contributed by atoms with Gasteiger partial charge in [0.15, 0.2) is 9.84 Å². The van der Waals surface area contributed by atoms with Crippen LogP contribution in [0.5, 0.6) is 0 Å². The first-order valence-electron chi connectivity index (χ1n) is 5.45. The van der Waals surface area contributed by atoms with Crippen molar-refractivity contribution in [2.75, 3.05) is 6.26 Å². The van der Waals surface area contributed by atoms with Crippen LogP contribution in [0.4, 0.5) is 4.39 Å². The zero-order valence-electron chi connectivity index (χ0n) is 10.6. The first kappa shape index (κ1) is 15.4. The van der Waals surface area contributed by atoms with Gasteiger partial charge in [-0.05, 0) is 44.0 Å². The average Bonchev–Trinajstić information content (AvgIpc) is 2.21. The van der Waals surface area contributed by atoms with Crippen molar-refractivity contribution in [3.8, 4) is 0 Å². The summed E-state index contributed by atoms with van der Waals surface area (Å²) < 4.78 is 35.7. The molecule has 0 saturated carbocycles. The number of rotatable bonds is 4. The summed E-state index contributed by atoms with van der Waals surface area (Å²) in [7, 11) is -3.33. The van der Waals surface area contributed by atoms with Gasteiger partial charge in [0.25, 0.3) is 0 Å². The first-order valence-corrected chi connectivity index (χ1v) is 7.71. The van der Waals surface area contributed by atoms with Gasteiger partial charge in [0.1, 0.15) is 5.82 Å². The van der Waals surface area contributed by atoms with Gasteiger partial charge in [0.2, 0.25) is 0 Å². The maximum absolute atomic E-state index is 13.6. The monoisotopic (exact) mass is 293 g/mol. The van der Waals surface area contributed by atoms with Crippen LogP contribution < -0.4 is 5.73 Å². The van der Waals surface area contributed by atoms with Crippen molar-refractivity contribution < 1.29 is 12.8 Å². The summed E-state index contributed by atoms with van der Waals surface area (Å²) >= 11 is 5.78. The second-order valence-corrected chi connectivity index (χ2v) is 7.95. The fraction of sp³-hybridized carbons (Fsp3) is 0.500. The molecule has 1 aromatic carbocycles. The summed E-state index contributed by atoms with van der Waals surface area (Å²) in [5, 5.41) is 0.399. The fourth-order valence-electron chi connectivity index (χ4n) is 1.46. The summed E-state index contributed by atoms with van der Waals surface area (Å²) in [5.74, 6) is -0.431. The minimum absolute atomic E-state index is 0.118. The van der Waals surface area contributed by atoms with Gasteiger partial charge in [-0.2, -0.15) is 0 Å². The Hall–Kier alpha value is -0.650. The lowest BCUT2D eigenvalue weighted by molar-refractivity contribution is 0.474. The van der Waals surface area contributed by atoms with Crippen molar-refractivity contribution >= 4 is 21.4 Å². The third kappa shape index (κ3) is 3.22. The molecule has 0 fully saturated rings.